The predicted octanol–water partition coefficient (Wildman–Crippen LogP) is 1.09. The van der Waals surface area contributed by atoms with E-state index in [0.717, 1.165) is 17.8 Å². The number of nitrogens with zero attached hydrogens (tertiary/aromatic N) is 2. The lowest BCUT2D eigenvalue weighted by Crippen LogP contribution is -3.06. The maximum Gasteiger partial charge on any atom is 0.291 e. The van der Waals surface area contributed by atoms with Crippen LogP contribution in [0, 0.1) is 0 Å². The van der Waals surface area contributed by atoms with E-state index < -0.39 is 0 Å². The fraction of sp³-hybridized carbons (Fsp3) is 0.400. The molecule has 0 unspecified atom stereocenters. The molecule has 7 heteroatoms. The maximum absolute atomic E-state index is 12.2. The van der Waals surface area contributed by atoms with E-state index in [1.807, 2.05) is 42.1 Å². The minimum atomic E-state index is -0.303. The molecule has 1 aromatic heterocycles. The van der Waals surface area contributed by atoms with Crippen molar-refractivity contribution in [3.05, 3.63) is 47.9 Å². The van der Waals surface area contributed by atoms with E-state index in [1.54, 1.807) is 19.1 Å². The first-order valence-corrected chi connectivity index (χ1v) is 8.97. The number of benzene rings is 1. The molecule has 0 fully saturated rings. The van der Waals surface area contributed by atoms with Crippen LogP contribution in [0.2, 0.25) is 0 Å². The Kier molecular flexibility index (Phi) is 7.01. The summed E-state index contributed by atoms with van der Waals surface area (Å²) in [6.45, 7) is 3.61. The molecule has 2 amide bonds. The third-order valence-corrected chi connectivity index (χ3v) is 4.25. The van der Waals surface area contributed by atoms with Crippen molar-refractivity contribution in [1.29, 1.82) is 0 Å². The summed E-state index contributed by atoms with van der Waals surface area (Å²) in [4.78, 5) is 29.4. The second-order valence-corrected chi connectivity index (χ2v) is 7.07. The molecule has 27 heavy (non-hydrogen) atoms. The third kappa shape index (κ3) is 5.86. The summed E-state index contributed by atoms with van der Waals surface area (Å²) in [6.07, 6.45) is 1.47. The Morgan fingerprint density at radius 3 is 2.48 bits per heavy atom. The number of amides is 2. The SMILES string of the molecule is CC(=O)N(CC[NH+](C)C)Cc1cc(NC(=O)c2ccco2)ccc1N(C)C. The maximum atomic E-state index is 12.2. The van der Waals surface area contributed by atoms with E-state index >= 15 is 0 Å². The van der Waals surface area contributed by atoms with Crippen molar-refractivity contribution >= 4 is 23.2 Å². The number of anilines is 2. The molecule has 0 aliphatic heterocycles. The highest BCUT2D eigenvalue weighted by Gasteiger charge is 2.16. The van der Waals surface area contributed by atoms with Crippen LogP contribution in [0.15, 0.2) is 41.0 Å². The van der Waals surface area contributed by atoms with Crippen LogP contribution in [0.1, 0.15) is 23.0 Å². The van der Waals surface area contributed by atoms with Gasteiger partial charge in [0.15, 0.2) is 5.76 Å². The van der Waals surface area contributed by atoms with Crippen LogP contribution in [-0.4, -0.2) is 58.0 Å². The smallest absolute Gasteiger partial charge is 0.291 e. The zero-order chi connectivity index (χ0) is 20.0. The highest BCUT2D eigenvalue weighted by Crippen LogP contribution is 2.25. The van der Waals surface area contributed by atoms with Gasteiger partial charge in [0.05, 0.1) is 33.4 Å². The molecule has 0 aliphatic rings. The van der Waals surface area contributed by atoms with E-state index in [1.165, 1.54) is 11.2 Å². The van der Waals surface area contributed by atoms with Crippen molar-refractivity contribution in [2.75, 3.05) is 51.5 Å². The van der Waals surface area contributed by atoms with Crippen molar-refractivity contribution in [1.82, 2.24) is 4.90 Å². The number of hydrogen-bond donors (Lipinski definition) is 2. The van der Waals surface area contributed by atoms with Gasteiger partial charge in [-0.15, -0.1) is 0 Å². The summed E-state index contributed by atoms with van der Waals surface area (Å²) in [6, 6.07) is 9.00. The number of carbonyl (C=O) groups excluding carboxylic acids is 2. The van der Waals surface area contributed by atoms with Gasteiger partial charge in [0.1, 0.15) is 0 Å². The summed E-state index contributed by atoms with van der Waals surface area (Å²) < 4.78 is 5.13. The first-order chi connectivity index (χ1) is 12.8. The summed E-state index contributed by atoms with van der Waals surface area (Å²) >= 11 is 0. The van der Waals surface area contributed by atoms with Crippen LogP contribution in [0.25, 0.3) is 0 Å². The van der Waals surface area contributed by atoms with Gasteiger partial charge >= 0.3 is 0 Å². The fourth-order valence-corrected chi connectivity index (χ4v) is 2.74. The normalized spacial score (nSPS) is 10.7. The van der Waals surface area contributed by atoms with Gasteiger partial charge in [0.2, 0.25) is 5.91 Å². The van der Waals surface area contributed by atoms with Gasteiger partial charge in [-0.3, -0.25) is 9.59 Å². The highest BCUT2D eigenvalue weighted by molar-refractivity contribution is 6.02. The molecule has 1 aromatic carbocycles. The molecular weight excluding hydrogens is 344 g/mol. The minimum absolute atomic E-state index is 0.0333. The molecule has 2 rings (SSSR count). The van der Waals surface area contributed by atoms with Crippen LogP contribution < -0.4 is 15.1 Å². The van der Waals surface area contributed by atoms with Gasteiger partial charge in [-0.2, -0.15) is 0 Å². The minimum Gasteiger partial charge on any atom is -0.459 e. The van der Waals surface area contributed by atoms with Gasteiger partial charge in [-0.1, -0.05) is 0 Å². The van der Waals surface area contributed by atoms with E-state index in [4.69, 9.17) is 4.42 Å². The van der Waals surface area contributed by atoms with Crippen molar-refractivity contribution in [3.63, 3.8) is 0 Å². The van der Waals surface area contributed by atoms with E-state index in [0.29, 0.717) is 18.8 Å². The largest absolute Gasteiger partial charge is 0.459 e. The molecule has 0 radical (unpaired) electrons. The number of furan rings is 1. The van der Waals surface area contributed by atoms with Crippen LogP contribution >= 0.6 is 0 Å². The molecule has 0 spiro atoms. The molecule has 1 heterocycles. The van der Waals surface area contributed by atoms with E-state index in [9.17, 15) is 9.59 Å². The molecule has 0 atom stereocenters. The van der Waals surface area contributed by atoms with Crippen LogP contribution in [0.4, 0.5) is 11.4 Å². The molecule has 0 bridgehead atoms. The monoisotopic (exact) mass is 373 g/mol. The molecule has 0 saturated heterocycles. The first kappa shape index (κ1) is 20.5. The van der Waals surface area contributed by atoms with Gasteiger partial charge in [0, 0.05) is 38.9 Å². The lowest BCUT2D eigenvalue weighted by molar-refractivity contribution is -0.857. The van der Waals surface area contributed by atoms with Crippen molar-refractivity contribution < 1.29 is 18.9 Å². The fourth-order valence-electron chi connectivity index (χ4n) is 2.74. The average molecular weight is 373 g/mol. The topological polar surface area (TPSA) is 70.2 Å². The van der Waals surface area contributed by atoms with Gasteiger partial charge < -0.3 is 24.4 Å². The molecule has 146 valence electrons. The molecule has 0 aliphatic carbocycles. The average Bonchev–Trinajstić information content (AvgIpc) is 3.12. The van der Waals surface area contributed by atoms with Gasteiger partial charge in [0.25, 0.3) is 5.91 Å². The zero-order valence-electron chi connectivity index (χ0n) is 16.7. The molecule has 2 N–H and O–H groups in total. The van der Waals surface area contributed by atoms with Gasteiger partial charge in [-0.05, 0) is 35.9 Å². The first-order valence-electron chi connectivity index (χ1n) is 8.97. The Bertz CT molecular complexity index is 770. The van der Waals surface area contributed by atoms with Crippen molar-refractivity contribution in [2.24, 2.45) is 0 Å². The molecule has 7 nitrogen and oxygen atoms in total. The Labute approximate surface area is 160 Å². The Morgan fingerprint density at radius 1 is 1.19 bits per heavy atom. The number of likely N-dealkylation sites (N-methyl/N-ethyl adjacent to an activating group) is 1. The Morgan fingerprint density at radius 2 is 1.93 bits per heavy atom. The number of quaternary nitrogens is 1. The quantitative estimate of drug-likeness (QED) is 0.727. The highest BCUT2D eigenvalue weighted by atomic mass is 16.3. The lowest BCUT2D eigenvalue weighted by Gasteiger charge is -2.25. The summed E-state index contributed by atoms with van der Waals surface area (Å²) in [7, 11) is 8.05. The van der Waals surface area contributed by atoms with Crippen LogP contribution in [0.5, 0.6) is 0 Å². The van der Waals surface area contributed by atoms with Crippen LogP contribution in [-0.2, 0) is 11.3 Å². The van der Waals surface area contributed by atoms with Crippen molar-refractivity contribution in [3.8, 4) is 0 Å². The second kappa shape index (κ2) is 9.23. The van der Waals surface area contributed by atoms with Crippen molar-refractivity contribution in [2.45, 2.75) is 13.5 Å². The number of hydrogen-bond acceptors (Lipinski definition) is 4. The number of carbonyl (C=O) groups is 2. The van der Waals surface area contributed by atoms with Gasteiger partial charge in [-0.25, -0.2) is 0 Å². The summed E-state index contributed by atoms with van der Waals surface area (Å²) in [5.41, 5.74) is 2.65. The molecule has 2 aromatic rings. The summed E-state index contributed by atoms with van der Waals surface area (Å²) in [5.74, 6) is -0.0123. The Hall–Kier alpha value is -2.80. The summed E-state index contributed by atoms with van der Waals surface area (Å²) in [5, 5.41) is 2.84. The number of nitrogens with one attached hydrogen (secondary N) is 2. The lowest BCUT2D eigenvalue weighted by atomic mass is 10.1. The Balaban J connectivity index is 2.23. The number of rotatable bonds is 8. The molecular formula is C20H29N4O3+. The predicted molar refractivity (Wildman–Crippen MR) is 106 cm³/mol. The van der Waals surface area contributed by atoms with Crippen LogP contribution in [0.3, 0.4) is 0 Å². The standard InChI is InChI=1S/C20H28N4O3/c1-15(25)24(11-10-22(2)3)14-16-13-17(8-9-18(16)23(4)5)21-20(26)19-7-6-12-27-19/h6-9,12-13H,10-11,14H2,1-5H3,(H,21,26)/p+1. The zero-order valence-corrected chi connectivity index (χ0v) is 16.7. The van der Waals surface area contributed by atoms with E-state index in [2.05, 4.69) is 19.4 Å². The molecule has 0 saturated carbocycles. The third-order valence-electron chi connectivity index (χ3n) is 4.25. The van der Waals surface area contributed by atoms with E-state index in [-0.39, 0.29) is 17.6 Å². The second-order valence-electron chi connectivity index (χ2n) is 7.07.